The summed E-state index contributed by atoms with van der Waals surface area (Å²) in [6, 6.07) is 12.0. The summed E-state index contributed by atoms with van der Waals surface area (Å²) < 4.78 is 9.69. The molecule has 5 heterocycles. The van der Waals surface area contributed by atoms with Gasteiger partial charge in [0, 0.05) is 62.9 Å². The lowest BCUT2D eigenvalue weighted by molar-refractivity contribution is -0.127. The summed E-state index contributed by atoms with van der Waals surface area (Å²) in [5, 5.41) is 12.1. The molecule has 5 aromatic rings. The van der Waals surface area contributed by atoms with Gasteiger partial charge in [0.25, 0.3) is 0 Å². The van der Waals surface area contributed by atoms with E-state index in [0.717, 1.165) is 72.1 Å². The molecule has 0 saturated carbocycles. The first-order valence-corrected chi connectivity index (χ1v) is 14.4. The second-order valence-electron chi connectivity index (χ2n) is 11.1. The van der Waals surface area contributed by atoms with Crippen LogP contribution in [0.5, 0.6) is 11.5 Å². The second-order valence-corrected chi connectivity index (χ2v) is 11.1. The van der Waals surface area contributed by atoms with Crippen molar-refractivity contribution in [2.24, 2.45) is 0 Å². The quantitative estimate of drug-likeness (QED) is 0.257. The van der Waals surface area contributed by atoms with E-state index >= 15 is 0 Å². The average Bonchev–Trinajstić information content (AvgIpc) is 3.66. The molecule has 222 valence electrons. The molecule has 0 radical (unpaired) electrons. The first-order valence-electron chi connectivity index (χ1n) is 14.4. The van der Waals surface area contributed by atoms with Gasteiger partial charge in [-0.05, 0) is 69.8 Å². The number of aromatic nitrogens is 6. The largest absolute Gasteiger partial charge is 0.457 e. The predicted molar refractivity (Wildman–Crippen MR) is 166 cm³/mol. The van der Waals surface area contributed by atoms with E-state index in [-0.39, 0.29) is 11.9 Å². The number of fused-ring (bicyclic) bond motifs is 2. The standard InChI is InChI=1S/C31H36N10O2/c1-22-18-23(7-8-27(22)43-25-11-16-40-28(19-25)32-20-34-40)36-31-30-26(12-17-41(30)35-21-33-31)39-14-9-24(10-15-39)38(4)29(42)6-5-13-37(2)3/h5-8,11-12,16-21,24H,9-10,13-15H2,1-4H3,(H,33,35,36)/b6-5+. The predicted octanol–water partition coefficient (Wildman–Crippen LogP) is 4.16. The van der Waals surface area contributed by atoms with Crippen LogP contribution in [0.4, 0.5) is 17.2 Å². The van der Waals surface area contributed by atoms with Crippen molar-refractivity contribution in [3.8, 4) is 11.5 Å². The zero-order valence-corrected chi connectivity index (χ0v) is 24.9. The highest BCUT2D eigenvalue weighted by Gasteiger charge is 2.26. The number of aryl methyl sites for hydroxylation is 1. The van der Waals surface area contributed by atoms with Gasteiger partial charge in [0.15, 0.2) is 11.5 Å². The summed E-state index contributed by atoms with van der Waals surface area (Å²) in [5.41, 5.74) is 4.58. The molecule has 6 rings (SSSR count). The van der Waals surface area contributed by atoms with Crippen molar-refractivity contribution in [2.75, 3.05) is 51.0 Å². The van der Waals surface area contributed by atoms with E-state index in [1.807, 2.05) is 91.2 Å². The zero-order valence-electron chi connectivity index (χ0n) is 24.9. The van der Waals surface area contributed by atoms with Gasteiger partial charge in [0.1, 0.15) is 29.7 Å². The number of benzene rings is 1. The lowest BCUT2D eigenvalue weighted by Gasteiger charge is -2.37. The number of amides is 1. The molecule has 0 spiro atoms. The molecule has 1 amide bonds. The van der Waals surface area contributed by atoms with Crippen molar-refractivity contribution in [1.29, 1.82) is 0 Å². The molecule has 12 heteroatoms. The maximum absolute atomic E-state index is 12.7. The molecule has 43 heavy (non-hydrogen) atoms. The molecule has 1 aliphatic rings. The number of ether oxygens (including phenoxy) is 1. The highest BCUT2D eigenvalue weighted by Crippen LogP contribution is 2.33. The summed E-state index contributed by atoms with van der Waals surface area (Å²) in [7, 11) is 5.88. The minimum absolute atomic E-state index is 0.0533. The number of pyridine rings is 1. The second kappa shape index (κ2) is 12.1. The molecule has 1 saturated heterocycles. The Morgan fingerprint density at radius 3 is 2.58 bits per heavy atom. The SMILES string of the molecule is Cc1cc(Nc2ncnn3ccc(N4CCC(N(C)C(=O)/C=C/CN(C)C)CC4)c23)ccc1Oc1ccn2ncnc2c1. The average molecular weight is 581 g/mol. The fourth-order valence-electron chi connectivity index (χ4n) is 5.41. The van der Waals surface area contributed by atoms with Crippen LogP contribution in [0.1, 0.15) is 18.4 Å². The molecule has 1 aliphatic heterocycles. The number of hydrogen-bond acceptors (Lipinski definition) is 9. The van der Waals surface area contributed by atoms with E-state index in [1.54, 1.807) is 16.9 Å². The van der Waals surface area contributed by atoms with Gasteiger partial charge < -0.3 is 24.8 Å². The minimum atomic E-state index is 0.0533. The van der Waals surface area contributed by atoms with E-state index in [1.165, 1.54) is 6.33 Å². The molecule has 1 aromatic carbocycles. The van der Waals surface area contributed by atoms with E-state index in [0.29, 0.717) is 5.75 Å². The normalized spacial score (nSPS) is 14.3. The monoisotopic (exact) mass is 580 g/mol. The summed E-state index contributed by atoms with van der Waals surface area (Å²) in [5.74, 6) is 2.23. The van der Waals surface area contributed by atoms with E-state index in [4.69, 9.17) is 4.74 Å². The van der Waals surface area contributed by atoms with E-state index in [9.17, 15) is 4.79 Å². The Labute approximate surface area is 250 Å². The van der Waals surface area contributed by atoms with Crippen LogP contribution >= 0.6 is 0 Å². The van der Waals surface area contributed by atoms with Crippen molar-refractivity contribution in [1.82, 2.24) is 39.0 Å². The van der Waals surface area contributed by atoms with Crippen LogP contribution in [0.25, 0.3) is 11.2 Å². The Bertz CT molecular complexity index is 1770. The molecule has 0 unspecified atom stereocenters. The first-order chi connectivity index (χ1) is 20.9. The first kappa shape index (κ1) is 28.2. The van der Waals surface area contributed by atoms with Crippen molar-refractivity contribution in [3.63, 3.8) is 0 Å². The van der Waals surface area contributed by atoms with Gasteiger partial charge in [0.2, 0.25) is 5.91 Å². The third-order valence-electron chi connectivity index (χ3n) is 7.78. The number of carbonyl (C=O) groups is 1. The minimum Gasteiger partial charge on any atom is -0.457 e. The summed E-state index contributed by atoms with van der Waals surface area (Å²) in [6.07, 6.45) is 12.2. The topological polar surface area (TPSA) is 108 Å². The lowest BCUT2D eigenvalue weighted by Crippen LogP contribution is -2.45. The Hall–Kier alpha value is -4.97. The van der Waals surface area contributed by atoms with Crippen LogP contribution < -0.4 is 15.0 Å². The molecular weight excluding hydrogens is 544 g/mol. The third-order valence-corrected chi connectivity index (χ3v) is 7.78. The summed E-state index contributed by atoms with van der Waals surface area (Å²) in [6.45, 7) is 4.43. The molecule has 12 nitrogen and oxygen atoms in total. The van der Waals surface area contributed by atoms with Gasteiger partial charge in [-0.25, -0.2) is 19.0 Å². The number of piperidine rings is 1. The Kier molecular flexibility index (Phi) is 7.93. The van der Waals surface area contributed by atoms with Gasteiger partial charge in [-0.15, -0.1) is 0 Å². The van der Waals surface area contributed by atoms with Crippen molar-refractivity contribution < 1.29 is 9.53 Å². The van der Waals surface area contributed by atoms with Crippen molar-refractivity contribution in [3.05, 3.63) is 79.2 Å². The van der Waals surface area contributed by atoms with Crippen LogP contribution in [0.2, 0.25) is 0 Å². The maximum atomic E-state index is 12.7. The molecule has 1 fully saturated rings. The summed E-state index contributed by atoms with van der Waals surface area (Å²) in [4.78, 5) is 27.8. The molecular formula is C31H36N10O2. The van der Waals surface area contributed by atoms with Gasteiger partial charge >= 0.3 is 0 Å². The van der Waals surface area contributed by atoms with Crippen LogP contribution in [0, 0.1) is 6.92 Å². The number of anilines is 3. The fourth-order valence-corrected chi connectivity index (χ4v) is 5.41. The van der Waals surface area contributed by atoms with Crippen molar-refractivity contribution >= 4 is 34.3 Å². The van der Waals surface area contributed by atoms with Crippen molar-refractivity contribution in [2.45, 2.75) is 25.8 Å². The molecule has 1 N–H and O–H groups in total. The number of nitrogens with zero attached hydrogens (tertiary/aromatic N) is 9. The zero-order chi connectivity index (χ0) is 29.9. The van der Waals surface area contributed by atoms with E-state index < -0.39 is 0 Å². The maximum Gasteiger partial charge on any atom is 0.246 e. The Balaban J connectivity index is 1.14. The molecule has 4 aromatic heterocycles. The van der Waals surface area contributed by atoms with Gasteiger partial charge in [-0.2, -0.15) is 10.2 Å². The molecule has 0 atom stereocenters. The Morgan fingerprint density at radius 2 is 1.79 bits per heavy atom. The number of rotatable bonds is 9. The van der Waals surface area contributed by atoms with Crippen LogP contribution in [-0.4, -0.2) is 91.7 Å². The lowest BCUT2D eigenvalue weighted by atomic mass is 10.0. The van der Waals surface area contributed by atoms with Crippen LogP contribution in [0.3, 0.4) is 0 Å². The van der Waals surface area contributed by atoms with Gasteiger partial charge in [0.05, 0.1) is 5.69 Å². The van der Waals surface area contributed by atoms with Gasteiger partial charge in [-0.1, -0.05) is 6.08 Å². The van der Waals surface area contributed by atoms with Crippen LogP contribution in [-0.2, 0) is 4.79 Å². The Morgan fingerprint density at radius 1 is 1.02 bits per heavy atom. The molecule has 0 bridgehead atoms. The molecule has 0 aliphatic carbocycles. The highest BCUT2D eigenvalue weighted by molar-refractivity contribution is 5.88. The highest BCUT2D eigenvalue weighted by atomic mass is 16.5. The third kappa shape index (κ3) is 6.14. The number of nitrogens with one attached hydrogen (secondary N) is 1. The number of likely N-dealkylation sites (N-methyl/N-ethyl adjacent to an activating group) is 2. The van der Waals surface area contributed by atoms with Gasteiger partial charge in [-0.3, -0.25) is 4.79 Å². The smallest absolute Gasteiger partial charge is 0.246 e. The fraction of sp³-hybridized carbons (Fsp3) is 0.323. The van der Waals surface area contributed by atoms with E-state index in [2.05, 4.69) is 36.4 Å². The number of carbonyl (C=O) groups excluding carboxylic acids is 1. The summed E-state index contributed by atoms with van der Waals surface area (Å²) >= 11 is 0. The van der Waals surface area contributed by atoms with Crippen LogP contribution in [0.15, 0.2) is 73.6 Å². The number of hydrogen-bond donors (Lipinski definition) is 1.